The molecule has 0 spiro atoms. The third kappa shape index (κ3) is 1.35. The second-order valence-corrected chi connectivity index (χ2v) is 4.29. The molecule has 0 aliphatic carbocycles. The van der Waals surface area contributed by atoms with E-state index in [1.165, 1.54) is 4.80 Å². The zero-order valence-corrected chi connectivity index (χ0v) is 10.1. The van der Waals surface area contributed by atoms with Crippen LogP contribution in [-0.4, -0.2) is 27.0 Å². The van der Waals surface area contributed by atoms with Gasteiger partial charge in [0.2, 0.25) is 0 Å². The van der Waals surface area contributed by atoms with Gasteiger partial charge in [-0.1, -0.05) is 11.6 Å². The molecular formula is C11H12ClN5. The van der Waals surface area contributed by atoms with Gasteiger partial charge in [0.1, 0.15) is 11.4 Å². The van der Waals surface area contributed by atoms with Gasteiger partial charge in [0.05, 0.1) is 11.7 Å². The Balaban J connectivity index is 2.33. The lowest BCUT2D eigenvalue weighted by molar-refractivity contribution is 0.625. The Morgan fingerprint density at radius 2 is 2.24 bits per heavy atom. The van der Waals surface area contributed by atoms with Crippen LogP contribution in [0, 0.1) is 0 Å². The van der Waals surface area contributed by atoms with Gasteiger partial charge in [0.15, 0.2) is 5.15 Å². The molecule has 0 saturated heterocycles. The Morgan fingerprint density at radius 3 is 3.00 bits per heavy atom. The van der Waals surface area contributed by atoms with E-state index in [0.717, 1.165) is 5.56 Å². The van der Waals surface area contributed by atoms with Crippen LogP contribution in [0.5, 0.6) is 0 Å². The van der Waals surface area contributed by atoms with E-state index in [9.17, 15) is 0 Å². The van der Waals surface area contributed by atoms with Crippen molar-refractivity contribution >= 4 is 17.3 Å². The lowest BCUT2D eigenvalue weighted by Crippen LogP contribution is -2.26. The van der Waals surface area contributed by atoms with Crippen molar-refractivity contribution in [1.82, 2.24) is 20.0 Å². The van der Waals surface area contributed by atoms with E-state index in [0.29, 0.717) is 17.1 Å². The number of anilines is 1. The molecule has 88 valence electrons. The third-order valence-corrected chi connectivity index (χ3v) is 3.15. The molecule has 0 bridgehead atoms. The van der Waals surface area contributed by atoms with Gasteiger partial charge >= 0.3 is 0 Å². The number of pyridine rings is 1. The van der Waals surface area contributed by atoms with Crippen molar-refractivity contribution in [2.24, 2.45) is 7.05 Å². The van der Waals surface area contributed by atoms with Crippen LogP contribution in [-0.2, 0) is 7.05 Å². The highest BCUT2D eigenvalue weighted by atomic mass is 35.5. The normalized spacial score (nSPS) is 21.2. The summed E-state index contributed by atoms with van der Waals surface area (Å²) in [6.07, 6.45) is 1.57. The van der Waals surface area contributed by atoms with Gasteiger partial charge in [-0.05, 0) is 12.9 Å². The number of aromatic nitrogens is 4. The fourth-order valence-electron chi connectivity index (χ4n) is 2.07. The minimum Gasteiger partial charge on any atom is -0.363 e. The van der Waals surface area contributed by atoms with Crippen LogP contribution in [0.1, 0.15) is 22.7 Å². The van der Waals surface area contributed by atoms with Gasteiger partial charge in [0, 0.05) is 30.0 Å². The first kappa shape index (κ1) is 7.66. The number of nitrogens with zero attached hydrogens (tertiary/aromatic N) is 5. The predicted molar refractivity (Wildman–Crippen MR) is 66.1 cm³/mol. The van der Waals surface area contributed by atoms with Crippen molar-refractivity contribution in [3.63, 3.8) is 0 Å². The largest absolute Gasteiger partial charge is 0.363 e. The SMILES string of the molecule is [2H]C([2H])([2H])C1c2nn(C)nc2-c2ccnc(Cl)c2N1C. The maximum Gasteiger partial charge on any atom is 0.152 e. The molecule has 1 aliphatic heterocycles. The van der Waals surface area contributed by atoms with Crippen LogP contribution in [0.15, 0.2) is 12.3 Å². The summed E-state index contributed by atoms with van der Waals surface area (Å²) in [5, 5.41) is 8.75. The summed E-state index contributed by atoms with van der Waals surface area (Å²) in [5.41, 5.74) is 2.30. The van der Waals surface area contributed by atoms with Crippen molar-refractivity contribution in [1.29, 1.82) is 0 Å². The van der Waals surface area contributed by atoms with Crippen LogP contribution in [0.3, 0.4) is 0 Å². The van der Waals surface area contributed by atoms with E-state index in [2.05, 4.69) is 15.2 Å². The average Bonchev–Trinajstić information content (AvgIpc) is 2.68. The Morgan fingerprint density at radius 1 is 1.41 bits per heavy atom. The maximum absolute atomic E-state index is 7.76. The van der Waals surface area contributed by atoms with Gasteiger partial charge in [-0.2, -0.15) is 15.0 Å². The average molecular weight is 253 g/mol. The lowest BCUT2D eigenvalue weighted by Gasteiger charge is -2.32. The fraction of sp³-hybridized carbons (Fsp3) is 0.364. The van der Waals surface area contributed by atoms with Gasteiger partial charge in [-0.25, -0.2) is 4.98 Å². The van der Waals surface area contributed by atoms with Crippen LogP contribution in [0.2, 0.25) is 5.15 Å². The van der Waals surface area contributed by atoms with Crippen molar-refractivity contribution in [2.45, 2.75) is 12.9 Å². The Bertz CT molecular complexity index is 681. The molecule has 0 N–H and O–H groups in total. The summed E-state index contributed by atoms with van der Waals surface area (Å²) in [5.74, 6) is 0. The highest BCUT2D eigenvalue weighted by Crippen LogP contribution is 2.44. The molecule has 5 nitrogen and oxygen atoms in total. The molecular weight excluding hydrogens is 238 g/mol. The zero-order valence-electron chi connectivity index (χ0n) is 12.3. The first-order valence-electron chi connectivity index (χ1n) is 6.59. The first-order valence-corrected chi connectivity index (χ1v) is 5.47. The van der Waals surface area contributed by atoms with E-state index >= 15 is 0 Å². The minimum atomic E-state index is -2.24. The van der Waals surface area contributed by atoms with Crippen molar-refractivity contribution in [3.05, 3.63) is 23.1 Å². The number of hydrogen-bond donors (Lipinski definition) is 0. The standard InChI is InChI=1S/C11H12ClN5/c1-6-8-9(15-17(3)14-8)7-4-5-13-11(12)10(7)16(6)2/h4-6H,1-3H3/i1D3. The highest BCUT2D eigenvalue weighted by Gasteiger charge is 2.31. The molecule has 1 atom stereocenters. The number of rotatable bonds is 0. The van der Waals surface area contributed by atoms with Crippen LogP contribution >= 0.6 is 11.6 Å². The number of halogens is 1. The molecule has 1 unspecified atom stereocenters. The summed E-state index contributed by atoms with van der Waals surface area (Å²) in [6.45, 7) is -2.24. The maximum atomic E-state index is 7.76. The molecule has 6 heteroatoms. The number of fused-ring (bicyclic) bond motifs is 3. The topological polar surface area (TPSA) is 46.8 Å². The van der Waals surface area contributed by atoms with E-state index < -0.39 is 12.9 Å². The lowest BCUT2D eigenvalue weighted by atomic mass is 9.99. The minimum absolute atomic E-state index is 0.260. The molecule has 0 amide bonds. The summed E-state index contributed by atoms with van der Waals surface area (Å²) < 4.78 is 23.3. The van der Waals surface area contributed by atoms with Crippen molar-refractivity contribution < 1.29 is 4.11 Å². The van der Waals surface area contributed by atoms with Crippen molar-refractivity contribution in [2.75, 3.05) is 11.9 Å². The fourth-order valence-corrected chi connectivity index (χ4v) is 2.36. The number of hydrogen-bond acceptors (Lipinski definition) is 4. The molecule has 2 aromatic rings. The predicted octanol–water partition coefficient (Wildman–Crippen LogP) is 2.04. The Labute approximate surface area is 108 Å². The molecule has 0 aromatic carbocycles. The molecule has 3 rings (SSSR count). The monoisotopic (exact) mass is 252 g/mol. The van der Waals surface area contributed by atoms with Crippen molar-refractivity contribution in [3.8, 4) is 11.3 Å². The van der Waals surface area contributed by atoms with Crippen LogP contribution in [0.25, 0.3) is 11.3 Å². The Hall–Kier alpha value is -1.62. The molecule has 1 aliphatic rings. The molecule has 0 fully saturated rings. The third-order valence-electron chi connectivity index (χ3n) is 2.87. The first-order chi connectivity index (χ1) is 9.30. The summed E-state index contributed by atoms with van der Waals surface area (Å²) in [6, 6.07) is 0.876. The van der Waals surface area contributed by atoms with Gasteiger partial charge < -0.3 is 4.90 Å². The summed E-state index contributed by atoms with van der Waals surface area (Å²) in [7, 11) is 3.35. The molecule has 2 aromatic heterocycles. The van der Waals surface area contributed by atoms with E-state index in [4.69, 9.17) is 15.7 Å². The Kier molecular flexibility index (Phi) is 1.55. The summed E-state index contributed by atoms with van der Waals surface area (Å²) >= 11 is 6.13. The molecule has 3 heterocycles. The van der Waals surface area contributed by atoms with E-state index in [1.54, 1.807) is 31.3 Å². The molecule has 0 saturated carbocycles. The zero-order chi connectivity index (χ0) is 14.7. The van der Waals surface area contributed by atoms with Crippen LogP contribution in [0.4, 0.5) is 5.69 Å². The molecule has 0 radical (unpaired) electrons. The quantitative estimate of drug-likeness (QED) is 0.674. The van der Waals surface area contributed by atoms with Gasteiger partial charge in [-0.15, -0.1) is 0 Å². The van der Waals surface area contributed by atoms with E-state index in [1.807, 2.05) is 0 Å². The second-order valence-electron chi connectivity index (χ2n) is 3.93. The van der Waals surface area contributed by atoms with Gasteiger partial charge in [0.25, 0.3) is 0 Å². The molecule has 17 heavy (non-hydrogen) atoms. The van der Waals surface area contributed by atoms with Crippen LogP contribution < -0.4 is 4.90 Å². The smallest absolute Gasteiger partial charge is 0.152 e. The van der Waals surface area contributed by atoms with Gasteiger partial charge in [-0.3, -0.25) is 0 Å². The highest BCUT2D eigenvalue weighted by molar-refractivity contribution is 6.32. The summed E-state index contributed by atoms with van der Waals surface area (Å²) in [4.78, 5) is 7.01. The number of aryl methyl sites for hydroxylation is 1. The van der Waals surface area contributed by atoms with E-state index in [-0.39, 0.29) is 5.15 Å². The second kappa shape index (κ2) is 3.43.